The van der Waals surface area contributed by atoms with E-state index >= 15 is 0 Å². The summed E-state index contributed by atoms with van der Waals surface area (Å²) >= 11 is 0. The monoisotopic (exact) mass is 175 g/mol. The van der Waals surface area contributed by atoms with E-state index in [0.717, 1.165) is 0 Å². The van der Waals surface area contributed by atoms with E-state index in [9.17, 15) is 9.18 Å². The maximum atomic E-state index is 12.8. The Labute approximate surface area is 70.7 Å². The second-order valence-electron chi connectivity index (χ2n) is 3.12. The van der Waals surface area contributed by atoms with Crippen LogP contribution in [0, 0.1) is 0 Å². The van der Waals surface area contributed by atoms with Crippen LogP contribution in [0.25, 0.3) is 0 Å². The first kappa shape index (κ1) is 9.41. The molecule has 1 aliphatic heterocycles. The first-order chi connectivity index (χ1) is 5.63. The summed E-state index contributed by atoms with van der Waals surface area (Å²) in [5.74, 6) is -0.428. The highest BCUT2D eigenvalue weighted by Crippen LogP contribution is 2.18. The molecule has 12 heavy (non-hydrogen) atoms. The molecule has 5 heteroatoms. The number of amides is 1. The van der Waals surface area contributed by atoms with Gasteiger partial charge in [0.25, 0.3) is 0 Å². The van der Waals surface area contributed by atoms with Gasteiger partial charge >= 0.3 is 0 Å². The lowest BCUT2D eigenvalue weighted by molar-refractivity contribution is -0.119. The lowest BCUT2D eigenvalue weighted by Gasteiger charge is -2.20. The molecule has 2 atom stereocenters. The third-order valence-corrected chi connectivity index (χ3v) is 2.11. The molecule has 1 rings (SSSR count). The molecular formula is C7H14FN3O. The van der Waals surface area contributed by atoms with Crippen LogP contribution >= 0.6 is 0 Å². The Balaban J connectivity index is 2.46. The number of hydrogen-bond acceptors (Lipinski definition) is 3. The largest absolute Gasteiger partial charge is 0.369 e. The average molecular weight is 175 g/mol. The van der Waals surface area contributed by atoms with Gasteiger partial charge in [-0.2, -0.15) is 0 Å². The molecule has 70 valence electrons. The van der Waals surface area contributed by atoms with Crippen LogP contribution in [0.15, 0.2) is 0 Å². The number of carbonyl (C=O) groups excluding carboxylic acids is 1. The van der Waals surface area contributed by atoms with Crippen LogP contribution in [0.1, 0.15) is 6.42 Å². The zero-order valence-electron chi connectivity index (χ0n) is 6.87. The fourth-order valence-electron chi connectivity index (χ4n) is 1.56. The molecular weight excluding hydrogens is 161 g/mol. The van der Waals surface area contributed by atoms with E-state index in [1.807, 2.05) is 0 Å². The van der Waals surface area contributed by atoms with Crippen LogP contribution in [-0.4, -0.2) is 42.7 Å². The summed E-state index contributed by atoms with van der Waals surface area (Å²) in [4.78, 5) is 12.2. The van der Waals surface area contributed by atoms with E-state index in [2.05, 4.69) is 0 Å². The van der Waals surface area contributed by atoms with Gasteiger partial charge in [0.1, 0.15) is 6.17 Å². The molecule has 0 aliphatic carbocycles. The Morgan fingerprint density at radius 2 is 2.33 bits per heavy atom. The summed E-state index contributed by atoms with van der Waals surface area (Å²) in [5.41, 5.74) is 10.4. The topological polar surface area (TPSA) is 72.3 Å². The third kappa shape index (κ3) is 2.15. The minimum absolute atomic E-state index is 0.0208. The summed E-state index contributed by atoms with van der Waals surface area (Å²) in [5, 5.41) is 0. The van der Waals surface area contributed by atoms with Gasteiger partial charge in [-0.05, 0) is 6.42 Å². The Hall–Kier alpha value is -0.680. The SMILES string of the molecule is NC[C@@H]1C[C@@H](F)CN1CC(N)=O. The molecule has 0 saturated carbocycles. The lowest BCUT2D eigenvalue weighted by Crippen LogP contribution is -2.40. The maximum Gasteiger partial charge on any atom is 0.231 e. The highest BCUT2D eigenvalue weighted by atomic mass is 19.1. The first-order valence-electron chi connectivity index (χ1n) is 4.00. The van der Waals surface area contributed by atoms with E-state index in [1.165, 1.54) is 0 Å². The van der Waals surface area contributed by atoms with Gasteiger partial charge in [-0.1, -0.05) is 0 Å². The van der Waals surface area contributed by atoms with E-state index < -0.39 is 12.1 Å². The Kier molecular flexibility index (Phi) is 2.99. The number of nitrogens with zero attached hydrogens (tertiary/aromatic N) is 1. The molecule has 4 nitrogen and oxygen atoms in total. The van der Waals surface area contributed by atoms with E-state index in [-0.39, 0.29) is 19.1 Å². The van der Waals surface area contributed by atoms with E-state index in [1.54, 1.807) is 4.90 Å². The number of likely N-dealkylation sites (tertiary alicyclic amines) is 1. The summed E-state index contributed by atoms with van der Waals surface area (Å²) in [7, 11) is 0. The molecule has 0 bridgehead atoms. The van der Waals surface area contributed by atoms with E-state index in [0.29, 0.717) is 13.0 Å². The molecule has 0 aromatic carbocycles. The summed E-state index contributed by atoms with van der Waals surface area (Å²) in [6.45, 7) is 0.779. The van der Waals surface area contributed by atoms with Crippen molar-refractivity contribution in [2.75, 3.05) is 19.6 Å². The Morgan fingerprint density at radius 3 is 2.83 bits per heavy atom. The second kappa shape index (κ2) is 3.82. The Morgan fingerprint density at radius 1 is 1.67 bits per heavy atom. The lowest BCUT2D eigenvalue weighted by atomic mass is 10.2. The highest BCUT2D eigenvalue weighted by molar-refractivity contribution is 5.76. The molecule has 1 amide bonds. The molecule has 0 aromatic heterocycles. The number of primary amides is 1. The molecule has 0 spiro atoms. The molecule has 0 radical (unpaired) electrons. The van der Waals surface area contributed by atoms with Gasteiger partial charge in [0.15, 0.2) is 0 Å². The van der Waals surface area contributed by atoms with E-state index in [4.69, 9.17) is 11.5 Å². The smallest absolute Gasteiger partial charge is 0.231 e. The van der Waals surface area contributed by atoms with Crippen molar-refractivity contribution < 1.29 is 9.18 Å². The van der Waals surface area contributed by atoms with Crippen molar-refractivity contribution in [2.45, 2.75) is 18.6 Å². The minimum Gasteiger partial charge on any atom is -0.369 e. The average Bonchev–Trinajstić information content (AvgIpc) is 2.29. The number of alkyl halides is 1. The van der Waals surface area contributed by atoms with Crippen molar-refractivity contribution >= 4 is 5.91 Å². The van der Waals surface area contributed by atoms with Crippen molar-refractivity contribution in [3.05, 3.63) is 0 Å². The van der Waals surface area contributed by atoms with Crippen LogP contribution < -0.4 is 11.5 Å². The normalized spacial score (nSPS) is 30.8. The number of rotatable bonds is 3. The molecule has 0 unspecified atom stereocenters. The predicted octanol–water partition coefficient (Wildman–Crippen LogP) is -1.16. The van der Waals surface area contributed by atoms with Crippen molar-refractivity contribution in [3.63, 3.8) is 0 Å². The number of carbonyl (C=O) groups is 1. The number of halogens is 1. The molecule has 1 saturated heterocycles. The maximum absolute atomic E-state index is 12.8. The van der Waals surface area contributed by atoms with Crippen LogP contribution in [0.2, 0.25) is 0 Å². The molecule has 4 N–H and O–H groups in total. The summed E-state index contributed by atoms with van der Waals surface area (Å²) in [6.07, 6.45) is -0.443. The second-order valence-corrected chi connectivity index (χ2v) is 3.12. The fraction of sp³-hybridized carbons (Fsp3) is 0.857. The van der Waals surface area contributed by atoms with Gasteiger partial charge in [-0.3, -0.25) is 9.69 Å². The fourth-order valence-corrected chi connectivity index (χ4v) is 1.56. The first-order valence-corrected chi connectivity index (χ1v) is 4.00. The zero-order chi connectivity index (χ0) is 9.14. The Bertz CT molecular complexity index is 176. The minimum atomic E-state index is -0.863. The van der Waals surface area contributed by atoms with Crippen molar-refractivity contribution in [1.82, 2.24) is 4.90 Å². The van der Waals surface area contributed by atoms with Gasteiger partial charge < -0.3 is 11.5 Å². The van der Waals surface area contributed by atoms with Crippen LogP contribution in [0.4, 0.5) is 4.39 Å². The standard InChI is InChI=1S/C7H14FN3O/c8-5-1-6(2-9)11(3-5)4-7(10)12/h5-6H,1-4,9H2,(H2,10,12)/t5-,6+/m1/s1. The van der Waals surface area contributed by atoms with Gasteiger partial charge in [-0.25, -0.2) is 4.39 Å². The van der Waals surface area contributed by atoms with Crippen LogP contribution in [0.5, 0.6) is 0 Å². The van der Waals surface area contributed by atoms with Gasteiger partial charge in [0, 0.05) is 19.1 Å². The molecule has 0 aromatic rings. The van der Waals surface area contributed by atoms with Crippen molar-refractivity contribution in [3.8, 4) is 0 Å². The van der Waals surface area contributed by atoms with Crippen LogP contribution in [-0.2, 0) is 4.79 Å². The van der Waals surface area contributed by atoms with Gasteiger partial charge in [-0.15, -0.1) is 0 Å². The molecule has 1 aliphatic rings. The number of nitrogens with two attached hydrogens (primary N) is 2. The molecule has 1 fully saturated rings. The van der Waals surface area contributed by atoms with Gasteiger partial charge in [0.2, 0.25) is 5.91 Å². The molecule has 1 heterocycles. The van der Waals surface area contributed by atoms with Crippen LogP contribution in [0.3, 0.4) is 0 Å². The zero-order valence-corrected chi connectivity index (χ0v) is 6.87. The number of hydrogen-bond donors (Lipinski definition) is 2. The van der Waals surface area contributed by atoms with Crippen molar-refractivity contribution in [2.24, 2.45) is 11.5 Å². The summed E-state index contributed by atoms with van der Waals surface area (Å²) in [6, 6.07) is -0.0208. The quantitative estimate of drug-likeness (QED) is 0.568. The predicted molar refractivity (Wildman–Crippen MR) is 43.1 cm³/mol. The third-order valence-electron chi connectivity index (χ3n) is 2.11. The summed E-state index contributed by atoms with van der Waals surface area (Å²) < 4.78 is 12.8. The van der Waals surface area contributed by atoms with Gasteiger partial charge in [0.05, 0.1) is 6.54 Å². The van der Waals surface area contributed by atoms with Crippen molar-refractivity contribution in [1.29, 1.82) is 0 Å². The highest BCUT2D eigenvalue weighted by Gasteiger charge is 2.31.